The van der Waals surface area contributed by atoms with Crippen LogP contribution in [0.4, 0.5) is 0 Å². The lowest BCUT2D eigenvalue weighted by Crippen LogP contribution is -2.59. The molecular weight excluding hydrogens is 348 g/mol. The number of piperazine rings is 1. The van der Waals surface area contributed by atoms with Gasteiger partial charge in [0.15, 0.2) is 6.10 Å². The smallest absolute Gasteiger partial charge is 0.264 e. The van der Waals surface area contributed by atoms with Crippen LogP contribution in [0.3, 0.4) is 0 Å². The van der Waals surface area contributed by atoms with Gasteiger partial charge in [-0.15, -0.1) is 0 Å². The van der Waals surface area contributed by atoms with E-state index in [4.69, 9.17) is 4.74 Å². The molecule has 1 heterocycles. The predicted molar refractivity (Wildman–Crippen MR) is 87.8 cm³/mol. The summed E-state index contributed by atoms with van der Waals surface area (Å²) in [5.41, 5.74) is 1.11. The summed E-state index contributed by atoms with van der Waals surface area (Å²) < 4.78 is 6.59. The molecule has 0 saturated carbocycles. The van der Waals surface area contributed by atoms with Crippen LogP contribution < -0.4 is 10.1 Å². The molecule has 0 aliphatic carbocycles. The Kier molecular flexibility index (Phi) is 5.45. The van der Waals surface area contributed by atoms with Crippen LogP contribution in [-0.2, 0) is 9.59 Å². The number of ether oxygens (including phenoxy) is 1. The van der Waals surface area contributed by atoms with E-state index < -0.39 is 12.1 Å². The van der Waals surface area contributed by atoms with E-state index in [9.17, 15) is 9.59 Å². The third kappa shape index (κ3) is 3.61. The van der Waals surface area contributed by atoms with E-state index in [1.54, 1.807) is 11.8 Å². The average Bonchev–Trinajstić information content (AvgIpc) is 2.49. The first-order valence-corrected chi connectivity index (χ1v) is 8.24. The summed E-state index contributed by atoms with van der Waals surface area (Å²) in [6, 6.07) is 5.30. The van der Waals surface area contributed by atoms with Crippen molar-refractivity contribution in [2.24, 2.45) is 0 Å². The Balaban J connectivity index is 2.09. The fraction of sp³-hybridized carbons (Fsp3) is 0.500. The van der Waals surface area contributed by atoms with Gasteiger partial charge >= 0.3 is 0 Å². The van der Waals surface area contributed by atoms with Crippen molar-refractivity contribution < 1.29 is 14.3 Å². The first-order valence-electron chi connectivity index (χ1n) is 7.45. The molecule has 1 aliphatic rings. The maximum atomic E-state index is 12.6. The number of hydrogen-bond acceptors (Lipinski definition) is 3. The minimum absolute atomic E-state index is 0.0918. The number of rotatable bonds is 4. The Hall–Kier alpha value is -1.56. The number of aryl methyl sites for hydroxylation is 1. The van der Waals surface area contributed by atoms with Gasteiger partial charge < -0.3 is 15.0 Å². The molecule has 1 fully saturated rings. The Morgan fingerprint density at radius 1 is 1.55 bits per heavy atom. The van der Waals surface area contributed by atoms with Gasteiger partial charge in [0.25, 0.3) is 5.91 Å². The van der Waals surface area contributed by atoms with Gasteiger partial charge in [0.05, 0.1) is 4.47 Å². The zero-order valence-electron chi connectivity index (χ0n) is 13.1. The molecule has 0 spiro atoms. The lowest BCUT2D eigenvalue weighted by atomic mass is 10.1. The third-order valence-electron chi connectivity index (χ3n) is 3.74. The lowest BCUT2D eigenvalue weighted by molar-refractivity contribution is -0.148. The Morgan fingerprint density at radius 2 is 2.27 bits per heavy atom. The molecule has 1 aromatic carbocycles. The number of halogens is 1. The van der Waals surface area contributed by atoms with Crippen LogP contribution in [0.25, 0.3) is 0 Å². The van der Waals surface area contributed by atoms with Crippen molar-refractivity contribution in [3.8, 4) is 5.75 Å². The zero-order valence-corrected chi connectivity index (χ0v) is 14.6. The number of carbonyl (C=O) groups is 2. The van der Waals surface area contributed by atoms with Gasteiger partial charge in [-0.25, -0.2) is 0 Å². The highest BCUT2D eigenvalue weighted by atomic mass is 79.9. The van der Waals surface area contributed by atoms with Crippen molar-refractivity contribution in [2.45, 2.75) is 39.3 Å². The van der Waals surface area contributed by atoms with Gasteiger partial charge in [0, 0.05) is 13.1 Å². The van der Waals surface area contributed by atoms with Crippen molar-refractivity contribution in [1.29, 1.82) is 0 Å². The lowest BCUT2D eigenvalue weighted by Gasteiger charge is -2.36. The van der Waals surface area contributed by atoms with Crippen LogP contribution in [0.2, 0.25) is 0 Å². The number of amides is 2. The fourth-order valence-corrected chi connectivity index (χ4v) is 3.15. The Labute approximate surface area is 139 Å². The monoisotopic (exact) mass is 368 g/mol. The molecule has 120 valence electrons. The highest BCUT2D eigenvalue weighted by Gasteiger charge is 2.34. The highest BCUT2D eigenvalue weighted by Crippen LogP contribution is 2.27. The van der Waals surface area contributed by atoms with Gasteiger partial charge in [-0.3, -0.25) is 9.59 Å². The van der Waals surface area contributed by atoms with Crippen LogP contribution in [-0.4, -0.2) is 41.9 Å². The Bertz CT molecular complexity index is 577. The SMILES string of the molecule is CCC1C(=O)NCCN1C(=O)C(C)Oc1ccc(C)cc1Br. The minimum atomic E-state index is -0.640. The van der Waals surface area contributed by atoms with Crippen LogP contribution in [0, 0.1) is 6.92 Å². The van der Waals surface area contributed by atoms with E-state index in [-0.39, 0.29) is 11.8 Å². The quantitative estimate of drug-likeness (QED) is 0.886. The first kappa shape index (κ1) is 16.8. The van der Waals surface area contributed by atoms with Crippen molar-refractivity contribution >= 4 is 27.7 Å². The third-order valence-corrected chi connectivity index (χ3v) is 4.36. The van der Waals surface area contributed by atoms with Gasteiger partial charge in [-0.2, -0.15) is 0 Å². The first-order chi connectivity index (χ1) is 10.4. The molecule has 0 bridgehead atoms. The van der Waals surface area contributed by atoms with Gasteiger partial charge in [-0.05, 0) is 53.9 Å². The number of nitrogens with one attached hydrogen (secondary N) is 1. The minimum Gasteiger partial charge on any atom is -0.480 e. The second kappa shape index (κ2) is 7.13. The summed E-state index contributed by atoms with van der Waals surface area (Å²) in [5.74, 6) is 0.376. The van der Waals surface area contributed by atoms with Crippen molar-refractivity contribution in [1.82, 2.24) is 10.2 Å². The second-order valence-corrected chi connectivity index (χ2v) is 6.29. The molecule has 2 unspecified atom stereocenters. The van der Waals surface area contributed by atoms with Gasteiger partial charge in [-0.1, -0.05) is 13.0 Å². The van der Waals surface area contributed by atoms with E-state index in [2.05, 4.69) is 21.2 Å². The molecule has 6 heteroatoms. The molecule has 2 amide bonds. The molecule has 1 aliphatic heterocycles. The van der Waals surface area contributed by atoms with Crippen LogP contribution >= 0.6 is 15.9 Å². The summed E-state index contributed by atoms with van der Waals surface area (Å²) in [7, 11) is 0. The normalized spacial score (nSPS) is 19.5. The number of carbonyl (C=O) groups excluding carboxylic acids is 2. The average molecular weight is 369 g/mol. The molecule has 2 atom stereocenters. The molecule has 0 aromatic heterocycles. The standard InChI is InChI=1S/C16H21BrN2O3/c1-4-13-15(20)18-7-8-19(13)16(21)11(3)22-14-6-5-10(2)9-12(14)17/h5-6,9,11,13H,4,7-8H2,1-3H3,(H,18,20). The molecule has 1 saturated heterocycles. The van der Waals surface area contributed by atoms with Crippen molar-refractivity contribution in [2.75, 3.05) is 13.1 Å². The summed E-state index contributed by atoms with van der Waals surface area (Å²) in [6.45, 7) is 6.61. The maximum Gasteiger partial charge on any atom is 0.264 e. The topological polar surface area (TPSA) is 58.6 Å². The largest absolute Gasteiger partial charge is 0.480 e. The number of hydrogen-bond donors (Lipinski definition) is 1. The molecule has 1 N–H and O–H groups in total. The van der Waals surface area contributed by atoms with Gasteiger partial charge in [0.1, 0.15) is 11.8 Å². The predicted octanol–water partition coefficient (Wildman–Crippen LogP) is 2.26. The molecular formula is C16H21BrN2O3. The Morgan fingerprint density at radius 3 is 2.91 bits per heavy atom. The van der Waals surface area contributed by atoms with Crippen LogP contribution in [0.15, 0.2) is 22.7 Å². The van der Waals surface area contributed by atoms with Crippen LogP contribution in [0.5, 0.6) is 5.75 Å². The van der Waals surface area contributed by atoms with Crippen LogP contribution in [0.1, 0.15) is 25.8 Å². The van der Waals surface area contributed by atoms with E-state index >= 15 is 0 Å². The molecule has 1 aromatic rings. The summed E-state index contributed by atoms with van der Waals surface area (Å²) in [5, 5.41) is 2.79. The number of nitrogens with zero attached hydrogens (tertiary/aromatic N) is 1. The van der Waals surface area contributed by atoms with Gasteiger partial charge in [0.2, 0.25) is 5.91 Å². The molecule has 5 nitrogen and oxygen atoms in total. The van der Waals surface area contributed by atoms with E-state index in [0.29, 0.717) is 25.3 Å². The molecule has 22 heavy (non-hydrogen) atoms. The molecule has 2 rings (SSSR count). The summed E-state index contributed by atoms with van der Waals surface area (Å²) in [6.07, 6.45) is -0.0441. The van der Waals surface area contributed by atoms with E-state index in [0.717, 1.165) is 10.0 Å². The van der Waals surface area contributed by atoms with Crippen molar-refractivity contribution in [3.05, 3.63) is 28.2 Å². The zero-order chi connectivity index (χ0) is 16.3. The van der Waals surface area contributed by atoms with Crippen molar-refractivity contribution in [3.63, 3.8) is 0 Å². The molecule has 0 radical (unpaired) electrons. The highest BCUT2D eigenvalue weighted by molar-refractivity contribution is 9.10. The fourth-order valence-electron chi connectivity index (χ4n) is 2.56. The summed E-state index contributed by atoms with van der Waals surface area (Å²) >= 11 is 3.44. The number of benzene rings is 1. The second-order valence-electron chi connectivity index (χ2n) is 5.44. The van der Waals surface area contributed by atoms with E-state index in [1.807, 2.05) is 32.0 Å². The summed E-state index contributed by atoms with van der Waals surface area (Å²) in [4.78, 5) is 26.1. The van der Waals surface area contributed by atoms with E-state index in [1.165, 1.54) is 0 Å². The maximum absolute atomic E-state index is 12.6.